The minimum absolute atomic E-state index is 0.168. The van der Waals surface area contributed by atoms with Gasteiger partial charge in [0, 0.05) is 6.08 Å². The normalized spacial score (nSPS) is 27.7. The Kier molecular flexibility index (Phi) is 2.29. The van der Waals surface area contributed by atoms with Crippen LogP contribution in [0.25, 0.3) is 0 Å². The standard InChI is InChI=1S/C8H12O3/c1-3-7(9)10-5-8(4-2)6-11-8/h3H,1,4-6H2,2H3. The maximum Gasteiger partial charge on any atom is 0.330 e. The van der Waals surface area contributed by atoms with Crippen LogP contribution in [-0.4, -0.2) is 24.8 Å². The summed E-state index contributed by atoms with van der Waals surface area (Å²) in [5, 5.41) is 0. The highest BCUT2D eigenvalue weighted by Crippen LogP contribution is 2.30. The fourth-order valence-corrected chi connectivity index (χ4v) is 0.753. The molecule has 1 aliphatic heterocycles. The van der Waals surface area contributed by atoms with Gasteiger partial charge >= 0.3 is 5.97 Å². The zero-order valence-electron chi connectivity index (χ0n) is 6.63. The van der Waals surface area contributed by atoms with Gasteiger partial charge in [0.05, 0.1) is 6.61 Å². The number of carbonyl (C=O) groups is 1. The van der Waals surface area contributed by atoms with Crippen molar-refractivity contribution in [2.75, 3.05) is 13.2 Å². The van der Waals surface area contributed by atoms with Crippen LogP contribution in [0, 0.1) is 0 Å². The molecule has 0 N–H and O–H groups in total. The Balaban J connectivity index is 2.21. The highest BCUT2D eigenvalue weighted by molar-refractivity contribution is 5.81. The Morgan fingerprint density at radius 1 is 1.91 bits per heavy atom. The first-order valence-corrected chi connectivity index (χ1v) is 3.65. The molecule has 0 spiro atoms. The molecule has 0 saturated carbocycles. The van der Waals surface area contributed by atoms with Crippen LogP contribution in [0.1, 0.15) is 13.3 Å². The summed E-state index contributed by atoms with van der Waals surface area (Å²) in [5.41, 5.74) is -0.168. The summed E-state index contributed by atoms with van der Waals surface area (Å²) >= 11 is 0. The Morgan fingerprint density at radius 3 is 2.91 bits per heavy atom. The molecule has 1 aliphatic rings. The Labute approximate surface area is 66.0 Å². The molecular weight excluding hydrogens is 144 g/mol. The highest BCUT2D eigenvalue weighted by Gasteiger charge is 2.44. The second-order valence-electron chi connectivity index (χ2n) is 2.64. The third-order valence-corrected chi connectivity index (χ3v) is 1.84. The first kappa shape index (κ1) is 8.27. The van der Waals surface area contributed by atoms with E-state index in [9.17, 15) is 4.79 Å². The van der Waals surface area contributed by atoms with Crippen LogP contribution < -0.4 is 0 Å². The van der Waals surface area contributed by atoms with E-state index < -0.39 is 0 Å². The minimum Gasteiger partial charge on any atom is -0.459 e. The van der Waals surface area contributed by atoms with Crippen molar-refractivity contribution in [3.05, 3.63) is 12.7 Å². The van der Waals surface area contributed by atoms with Crippen molar-refractivity contribution in [1.29, 1.82) is 0 Å². The minimum atomic E-state index is -0.381. The lowest BCUT2D eigenvalue weighted by atomic mass is 10.1. The molecule has 1 heterocycles. The van der Waals surface area contributed by atoms with Crippen LogP contribution in [0.15, 0.2) is 12.7 Å². The molecule has 0 aliphatic carbocycles. The van der Waals surface area contributed by atoms with E-state index in [0.29, 0.717) is 13.2 Å². The second-order valence-corrected chi connectivity index (χ2v) is 2.64. The van der Waals surface area contributed by atoms with E-state index in [-0.39, 0.29) is 11.6 Å². The lowest BCUT2D eigenvalue weighted by Crippen LogP contribution is -2.20. The van der Waals surface area contributed by atoms with Gasteiger partial charge in [0.15, 0.2) is 0 Å². The Morgan fingerprint density at radius 2 is 2.55 bits per heavy atom. The SMILES string of the molecule is C=CC(=O)OCC1(CC)CO1. The summed E-state index contributed by atoms with van der Waals surface area (Å²) < 4.78 is 9.96. The Bertz CT molecular complexity index is 170. The average molecular weight is 156 g/mol. The molecule has 0 bridgehead atoms. The van der Waals surface area contributed by atoms with Crippen LogP contribution in [0.4, 0.5) is 0 Å². The summed E-state index contributed by atoms with van der Waals surface area (Å²) in [6, 6.07) is 0. The summed E-state index contributed by atoms with van der Waals surface area (Å²) in [4.78, 5) is 10.6. The highest BCUT2D eigenvalue weighted by atomic mass is 16.6. The predicted octanol–water partition coefficient (Wildman–Crippen LogP) is 0.895. The van der Waals surface area contributed by atoms with E-state index in [4.69, 9.17) is 9.47 Å². The molecule has 1 atom stereocenters. The molecule has 3 nitrogen and oxygen atoms in total. The monoisotopic (exact) mass is 156 g/mol. The van der Waals surface area contributed by atoms with Crippen molar-refractivity contribution >= 4 is 5.97 Å². The quantitative estimate of drug-likeness (QED) is 0.345. The van der Waals surface area contributed by atoms with Crippen LogP contribution >= 0.6 is 0 Å². The zero-order chi connectivity index (χ0) is 8.32. The molecule has 1 saturated heterocycles. The van der Waals surface area contributed by atoms with E-state index in [0.717, 1.165) is 12.5 Å². The van der Waals surface area contributed by atoms with Gasteiger partial charge in [0.2, 0.25) is 0 Å². The topological polar surface area (TPSA) is 38.8 Å². The maximum absolute atomic E-state index is 10.6. The molecule has 1 rings (SSSR count). The average Bonchev–Trinajstić information content (AvgIpc) is 2.81. The fraction of sp³-hybridized carbons (Fsp3) is 0.625. The predicted molar refractivity (Wildman–Crippen MR) is 40.1 cm³/mol. The molecule has 3 heteroatoms. The number of ether oxygens (including phenoxy) is 2. The van der Waals surface area contributed by atoms with Crippen molar-refractivity contribution in [3.8, 4) is 0 Å². The first-order chi connectivity index (χ1) is 5.22. The smallest absolute Gasteiger partial charge is 0.330 e. The zero-order valence-corrected chi connectivity index (χ0v) is 6.63. The van der Waals surface area contributed by atoms with Crippen molar-refractivity contribution in [2.24, 2.45) is 0 Å². The number of esters is 1. The largest absolute Gasteiger partial charge is 0.459 e. The van der Waals surface area contributed by atoms with Gasteiger partial charge in [-0.3, -0.25) is 0 Å². The summed E-state index contributed by atoms with van der Waals surface area (Å²) in [5.74, 6) is -0.381. The number of rotatable bonds is 4. The summed E-state index contributed by atoms with van der Waals surface area (Å²) in [7, 11) is 0. The second kappa shape index (κ2) is 3.05. The molecule has 0 radical (unpaired) electrons. The van der Waals surface area contributed by atoms with E-state index in [1.165, 1.54) is 0 Å². The van der Waals surface area contributed by atoms with Gasteiger partial charge in [-0.05, 0) is 6.42 Å². The molecule has 11 heavy (non-hydrogen) atoms. The van der Waals surface area contributed by atoms with Crippen LogP contribution in [-0.2, 0) is 14.3 Å². The molecule has 1 fully saturated rings. The third-order valence-electron chi connectivity index (χ3n) is 1.84. The van der Waals surface area contributed by atoms with Crippen molar-refractivity contribution in [3.63, 3.8) is 0 Å². The molecular formula is C8H12O3. The van der Waals surface area contributed by atoms with E-state index in [1.54, 1.807) is 0 Å². The van der Waals surface area contributed by atoms with Gasteiger partial charge < -0.3 is 9.47 Å². The maximum atomic E-state index is 10.6. The van der Waals surface area contributed by atoms with Crippen LogP contribution in [0.2, 0.25) is 0 Å². The Hall–Kier alpha value is -0.830. The third kappa shape index (κ3) is 2.05. The lowest BCUT2D eigenvalue weighted by Gasteiger charge is -2.07. The first-order valence-electron chi connectivity index (χ1n) is 3.65. The van der Waals surface area contributed by atoms with Gasteiger partial charge in [0.25, 0.3) is 0 Å². The van der Waals surface area contributed by atoms with Gasteiger partial charge in [-0.2, -0.15) is 0 Å². The molecule has 1 unspecified atom stereocenters. The van der Waals surface area contributed by atoms with Crippen LogP contribution in [0.3, 0.4) is 0 Å². The van der Waals surface area contributed by atoms with E-state index >= 15 is 0 Å². The fourth-order valence-electron chi connectivity index (χ4n) is 0.753. The summed E-state index contributed by atoms with van der Waals surface area (Å²) in [6.45, 7) is 6.36. The molecule has 62 valence electrons. The summed E-state index contributed by atoms with van der Waals surface area (Å²) in [6.07, 6.45) is 2.04. The molecule has 0 aromatic carbocycles. The van der Waals surface area contributed by atoms with Crippen molar-refractivity contribution < 1.29 is 14.3 Å². The van der Waals surface area contributed by atoms with Gasteiger partial charge in [0.1, 0.15) is 12.2 Å². The van der Waals surface area contributed by atoms with Crippen molar-refractivity contribution in [1.82, 2.24) is 0 Å². The van der Waals surface area contributed by atoms with Gasteiger partial charge in [-0.15, -0.1) is 0 Å². The lowest BCUT2D eigenvalue weighted by molar-refractivity contribution is -0.139. The number of carbonyl (C=O) groups excluding carboxylic acids is 1. The van der Waals surface area contributed by atoms with Crippen molar-refractivity contribution in [2.45, 2.75) is 18.9 Å². The van der Waals surface area contributed by atoms with E-state index in [1.807, 2.05) is 6.92 Å². The number of hydrogen-bond donors (Lipinski definition) is 0. The molecule has 0 aromatic heterocycles. The number of epoxide rings is 1. The molecule has 0 aromatic rings. The van der Waals surface area contributed by atoms with Gasteiger partial charge in [-0.1, -0.05) is 13.5 Å². The molecule has 0 amide bonds. The van der Waals surface area contributed by atoms with E-state index in [2.05, 4.69) is 6.58 Å². The number of hydrogen-bond acceptors (Lipinski definition) is 3. The van der Waals surface area contributed by atoms with Crippen LogP contribution in [0.5, 0.6) is 0 Å². The van der Waals surface area contributed by atoms with Gasteiger partial charge in [-0.25, -0.2) is 4.79 Å².